The molecule has 0 heterocycles. The first-order valence-electron chi connectivity index (χ1n) is 3.89. The molecule has 0 radical (unpaired) electrons. The van der Waals surface area contributed by atoms with Crippen LogP contribution in [-0.4, -0.2) is 30.7 Å². The van der Waals surface area contributed by atoms with Crippen molar-refractivity contribution in [1.29, 1.82) is 0 Å². The fourth-order valence-electron chi connectivity index (χ4n) is 0.444. The molecule has 0 atom stereocenters. The molecule has 0 unspecified atom stereocenters. The van der Waals surface area contributed by atoms with Gasteiger partial charge in [0, 0.05) is 6.61 Å². The molecular formula is C8H18O3. The summed E-state index contributed by atoms with van der Waals surface area (Å²) >= 11 is 0. The van der Waals surface area contributed by atoms with Gasteiger partial charge in [-0.15, -0.1) is 0 Å². The van der Waals surface area contributed by atoms with Gasteiger partial charge >= 0.3 is 0 Å². The molecule has 3 nitrogen and oxygen atoms in total. The Morgan fingerprint density at radius 1 is 1.27 bits per heavy atom. The topological polar surface area (TPSA) is 38.7 Å². The summed E-state index contributed by atoms with van der Waals surface area (Å²) in [5, 5.41) is 8.40. The van der Waals surface area contributed by atoms with Crippen LogP contribution < -0.4 is 0 Å². The van der Waals surface area contributed by atoms with Crippen molar-refractivity contribution in [3.05, 3.63) is 0 Å². The monoisotopic (exact) mass is 162 g/mol. The maximum atomic E-state index is 8.40. The van der Waals surface area contributed by atoms with Gasteiger partial charge in [-0.3, -0.25) is 0 Å². The van der Waals surface area contributed by atoms with Gasteiger partial charge in [0.25, 0.3) is 0 Å². The largest absolute Gasteiger partial charge is 0.396 e. The van der Waals surface area contributed by atoms with Crippen LogP contribution in [0.4, 0.5) is 0 Å². The molecule has 0 saturated heterocycles. The number of aliphatic hydroxyl groups excluding tert-OH is 1. The molecule has 0 aromatic rings. The summed E-state index contributed by atoms with van der Waals surface area (Å²) < 4.78 is 10.3. The number of aliphatic hydroxyl groups is 1. The average Bonchev–Trinajstić information content (AvgIpc) is 1.85. The second-order valence-electron chi connectivity index (χ2n) is 3.36. The van der Waals surface area contributed by atoms with E-state index >= 15 is 0 Å². The van der Waals surface area contributed by atoms with Gasteiger partial charge in [-0.1, -0.05) is 0 Å². The van der Waals surface area contributed by atoms with Crippen LogP contribution in [0.3, 0.4) is 0 Å². The smallest absolute Gasteiger partial charge is 0.147 e. The maximum absolute atomic E-state index is 8.40. The second-order valence-corrected chi connectivity index (χ2v) is 3.36. The van der Waals surface area contributed by atoms with E-state index in [1.165, 1.54) is 0 Å². The van der Waals surface area contributed by atoms with Crippen molar-refractivity contribution in [2.24, 2.45) is 0 Å². The molecule has 3 heteroatoms. The summed E-state index contributed by atoms with van der Waals surface area (Å²) in [4.78, 5) is 0. The number of rotatable bonds is 5. The first-order valence-corrected chi connectivity index (χ1v) is 3.89. The Morgan fingerprint density at radius 3 is 2.36 bits per heavy atom. The van der Waals surface area contributed by atoms with Crippen molar-refractivity contribution in [1.82, 2.24) is 0 Å². The summed E-state index contributed by atoms with van der Waals surface area (Å²) in [7, 11) is 0. The Bertz CT molecular complexity index is 85.8. The normalized spacial score (nSPS) is 12.0. The lowest BCUT2D eigenvalue weighted by Crippen LogP contribution is -2.21. The number of ether oxygens (including phenoxy) is 2. The van der Waals surface area contributed by atoms with Gasteiger partial charge in [0.1, 0.15) is 6.79 Å². The van der Waals surface area contributed by atoms with Crippen LogP contribution >= 0.6 is 0 Å². The summed E-state index contributed by atoms with van der Waals surface area (Å²) in [5.41, 5.74) is -0.140. The van der Waals surface area contributed by atoms with E-state index in [1.807, 2.05) is 20.8 Å². The fourth-order valence-corrected chi connectivity index (χ4v) is 0.444. The van der Waals surface area contributed by atoms with Crippen molar-refractivity contribution in [2.75, 3.05) is 20.0 Å². The Labute approximate surface area is 68.3 Å². The molecule has 68 valence electrons. The third-order valence-corrected chi connectivity index (χ3v) is 1.02. The molecule has 0 aliphatic carbocycles. The highest BCUT2D eigenvalue weighted by Gasteiger charge is 2.08. The molecule has 0 aromatic heterocycles. The first-order chi connectivity index (χ1) is 5.06. The minimum absolute atomic E-state index is 0.140. The second kappa shape index (κ2) is 5.52. The maximum Gasteiger partial charge on any atom is 0.147 e. The third kappa shape index (κ3) is 9.88. The highest BCUT2D eigenvalue weighted by atomic mass is 16.7. The van der Waals surface area contributed by atoms with E-state index in [1.54, 1.807) is 0 Å². The van der Waals surface area contributed by atoms with E-state index in [0.717, 1.165) is 0 Å². The van der Waals surface area contributed by atoms with Crippen LogP contribution in [0.1, 0.15) is 27.2 Å². The van der Waals surface area contributed by atoms with Crippen molar-refractivity contribution in [2.45, 2.75) is 32.8 Å². The molecule has 0 fully saturated rings. The van der Waals surface area contributed by atoms with Crippen LogP contribution in [0, 0.1) is 0 Å². The van der Waals surface area contributed by atoms with E-state index in [-0.39, 0.29) is 12.2 Å². The summed E-state index contributed by atoms with van der Waals surface area (Å²) in [6, 6.07) is 0. The van der Waals surface area contributed by atoms with Gasteiger partial charge in [0.05, 0.1) is 12.2 Å². The van der Waals surface area contributed by atoms with Crippen molar-refractivity contribution in [3.63, 3.8) is 0 Å². The summed E-state index contributed by atoms with van der Waals surface area (Å²) in [5.74, 6) is 0. The minimum Gasteiger partial charge on any atom is -0.396 e. The highest BCUT2D eigenvalue weighted by molar-refractivity contribution is 4.56. The first kappa shape index (κ1) is 10.9. The Kier molecular flexibility index (Phi) is 5.46. The average molecular weight is 162 g/mol. The summed E-state index contributed by atoms with van der Waals surface area (Å²) in [6.07, 6.45) is 0.674. The standard InChI is InChI=1S/C8H18O3/c1-8(2,3)11-7-10-6-4-5-9/h9H,4-7H2,1-3H3. The predicted octanol–water partition coefficient (Wildman–Crippen LogP) is 1.16. The van der Waals surface area contributed by atoms with E-state index in [2.05, 4.69) is 0 Å². The SMILES string of the molecule is CC(C)(C)OCOCCCO. The number of hydrogen-bond donors (Lipinski definition) is 1. The van der Waals surface area contributed by atoms with Gasteiger partial charge in [-0.2, -0.15) is 0 Å². The lowest BCUT2D eigenvalue weighted by molar-refractivity contribution is -0.121. The molecule has 0 aliphatic heterocycles. The Balaban J connectivity index is 3.02. The zero-order valence-corrected chi connectivity index (χ0v) is 7.59. The molecular weight excluding hydrogens is 144 g/mol. The van der Waals surface area contributed by atoms with Crippen molar-refractivity contribution in [3.8, 4) is 0 Å². The molecule has 0 rings (SSSR count). The van der Waals surface area contributed by atoms with Crippen LogP contribution in [0.2, 0.25) is 0 Å². The summed E-state index contributed by atoms with van der Waals surface area (Å²) in [6.45, 7) is 6.97. The Morgan fingerprint density at radius 2 is 1.91 bits per heavy atom. The van der Waals surface area contributed by atoms with E-state index in [9.17, 15) is 0 Å². The molecule has 1 N–H and O–H groups in total. The van der Waals surface area contributed by atoms with Gasteiger partial charge in [0.2, 0.25) is 0 Å². The van der Waals surface area contributed by atoms with Gasteiger partial charge in [0.15, 0.2) is 0 Å². The number of hydrogen-bond acceptors (Lipinski definition) is 3. The quantitative estimate of drug-likeness (QED) is 0.487. The van der Waals surface area contributed by atoms with Gasteiger partial charge in [-0.05, 0) is 27.2 Å². The fraction of sp³-hybridized carbons (Fsp3) is 1.00. The Hall–Kier alpha value is -0.120. The zero-order valence-electron chi connectivity index (χ0n) is 7.59. The molecule has 0 amide bonds. The molecule has 0 saturated carbocycles. The van der Waals surface area contributed by atoms with E-state index < -0.39 is 0 Å². The third-order valence-electron chi connectivity index (χ3n) is 1.02. The van der Waals surface area contributed by atoms with Crippen molar-refractivity contribution < 1.29 is 14.6 Å². The lowest BCUT2D eigenvalue weighted by atomic mass is 10.2. The van der Waals surface area contributed by atoms with E-state index in [4.69, 9.17) is 14.6 Å². The van der Waals surface area contributed by atoms with Crippen LogP contribution in [0.25, 0.3) is 0 Å². The van der Waals surface area contributed by atoms with Gasteiger partial charge < -0.3 is 14.6 Å². The molecule has 0 aliphatic rings. The zero-order chi connectivity index (χ0) is 8.74. The molecule has 0 aromatic carbocycles. The predicted molar refractivity (Wildman–Crippen MR) is 43.4 cm³/mol. The lowest BCUT2D eigenvalue weighted by Gasteiger charge is -2.18. The van der Waals surface area contributed by atoms with Crippen LogP contribution in [0.15, 0.2) is 0 Å². The van der Waals surface area contributed by atoms with Gasteiger partial charge in [-0.25, -0.2) is 0 Å². The molecule has 11 heavy (non-hydrogen) atoms. The minimum atomic E-state index is -0.140. The highest BCUT2D eigenvalue weighted by Crippen LogP contribution is 2.05. The van der Waals surface area contributed by atoms with E-state index in [0.29, 0.717) is 19.8 Å². The molecule has 0 spiro atoms. The molecule has 0 bridgehead atoms. The van der Waals surface area contributed by atoms with Crippen molar-refractivity contribution >= 4 is 0 Å². The van der Waals surface area contributed by atoms with Crippen LogP contribution in [-0.2, 0) is 9.47 Å². The van der Waals surface area contributed by atoms with Crippen LogP contribution in [0.5, 0.6) is 0 Å².